The number of H-pyrrole nitrogens is 2. The topological polar surface area (TPSA) is 120 Å². The van der Waals surface area contributed by atoms with Gasteiger partial charge in [-0.3, -0.25) is 9.59 Å². The third-order valence-electron chi connectivity index (χ3n) is 3.55. The number of aromatic amines is 2. The van der Waals surface area contributed by atoms with Crippen LogP contribution in [0.3, 0.4) is 0 Å². The van der Waals surface area contributed by atoms with Gasteiger partial charge in [0.25, 0.3) is 5.91 Å². The Morgan fingerprint density at radius 2 is 1.85 bits per heavy atom. The number of fused-ring (bicyclic) bond motifs is 1. The first-order valence-electron chi connectivity index (χ1n) is 7.63. The molecule has 1 atom stereocenters. The molecule has 8 nitrogen and oxygen atoms in total. The molecule has 0 aliphatic heterocycles. The first kappa shape index (κ1) is 17.6. The van der Waals surface area contributed by atoms with Gasteiger partial charge >= 0.3 is 5.69 Å². The standard InChI is InChI=1S/C17H14ClN5O3/c1-9(24)15(23-22-12-5-3-2-4-11(12)18)16(25)19-10-6-7-13-14(8-10)21-17(26)20-13/h2-8,15H,1H3,(H,19,25)(H2,20,21,26). The zero-order chi connectivity index (χ0) is 18.7. The summed E-state index contributed by atoms with van der Waals surface area (Å²) in [5, 5.41) is 10.7. The largest absolute Gasteiger partial charge is 0.324 e. The summed E-state index contributed by atoms with van der Waals surface area (Å²) < 4.78 is 0. The highest BCUT2D eigenvalue weighted by Gasteiger charge is 2.23. The number of nitrogens with zero attached hydrogens (tertiary/aromatic N) is 2. The molecule has 0 saturated heterocycles. The van der Waals surface area contributed by atoms with E-state index in [4.69, 9.17) is 11.6 Å². The fourth-order valence-electron chi connectivity index (χ4n) is 2.29. The van der Waals surface area contributed by atoms with Crippen LogP contribution in [0.25, 0.3) is 11.0 Å². The number of carbonyl (C=O) groups is 2. The molecule has 3 N–H and O–H groups in total. The normalized spacial score (nSPS) is 12.4. The molecule has 3 aromatic rings. The quantitative estimate of drug-likeness (QED) is 0.471. The lowest BCUT2D eigenvalue weighted by molar-refractivity contribution is -0.126. The highest BCUT2D eigenvalue weighted by atomic mass is 35.5. The van der Waals surface area contributed by atoms with E-state index in [9.17, 15) is 14.4 Å². The number of azo groups is 1. The SMILES string of the molecule is CC(=O)C(N=Nc1ccccc1Cl)C(=O)Nc1ccc2[nH]c(=O)[nH]c2c1. The van der Waals surface area contributed by atoms with E-state index < -0.39 is 17.7 Å². The first-order chi connectivity index (χ1) is 12.4. The van der Waals surface area contributed by atoms with Crippen LogP contribution in [0, 0.1) is 0 Å². The Labute approximate surface area is 152 Å². The summed E-state index contributed by atoms with van der Waals surface area (Å²) in [6.07, 6.45) is 0. The lowest BCUT2D eigenvalue weighted by atomic mass is 10.2. The Bertz CT molecular complexity index is 1070. The number of imidazole rings is 1. The third-order valence-corrected chi connectivity index (χ3v) is 3.87. The number of carbonyl (C=O) groups excluding carboxylic acids is 2. The number of ketones is 1. The van der Waals surface area contributed by atoms with Gasteiger partial charge in [0, 0.05) is 5.69 Å². The molecule has 1 unspecified atom stereocenters. The monoisotopic (exact) mass is 371 g/mol. The highest BCUT2D eigenvalue weighted by Crippen LogP contribution is 2.24. The van der Waals surface area contributed by atoms with Gasteiger partial charge in [0.1, 0.15) is 5.69 Å². The van der Waals surface area contributed by atoms with Crippen molar-refractivity contribution in [3.05, 3.63) is 58.0 Å². The van der Waals surface area contributed by atoms with Crippen molar-refractivity contribution in [1.29, 1.82) is 0 Å². The van der Waals surface area contributed by atoms with Crippen molar-refractivity contribution in [1.82, 2.24) is 9.97 Å². The van der Waals surface area contributed by atoms with E-state index in [-0.39, 0.29) is 5.69 Å². The molecular weight excluding hydrogens is 358 g/mol. The van der Waals surface area contributed by atoms with Crippen LogP contribution in [-0.2, 0) is 9.59 Å². The molecule has 132 valence electrons. The predicted molar refractivity (Wildman–Crippen MR) is 98.0 cm³/mol. The molecule has 1 heterocycles. The number of benzene rings is 2. The van der Waals surface area contributed by atoms with E-state index in [1.54, 1.807) is 42.5 Å². The maximum atomic E-state index is 12.4. The summed E-state index contributed by atoms with van der Waals surface area (Å²) >= 11 is 5.98. The van der Waals surface area contributed by atoms with Gasteiger partial charge in [-0.25, -0.2) is 4.79 Å². The van der Waals surface area contributed by atoms with Gasteiger partial charge in [-0.15, -0.1) is 0 Å². The van der Waals surface area contributed by atoms with E-state index in [0.717, 1.165) is 0 Å². The molecule has 1 amide bonds. The van der Waals surface area contributed by atoms with Crippen LogP contribution in [0.4, 0.5) is 11.4 Å². The first-order valence-corrected chi connectivity index (χ1v) is 8.00. The van der Waals surface area contributed by atoms with Gasteiger partial charge in [0.15, 0.2) is 5.78 Å². The smallest absolute Gasteiger partial charge is 0.323 e. The van der Waals surface area contributed by atoms with Crippen LogP contribution in [-0.4, -0.2) is 27.7 Å². The van der Waals surface area contributed by atoms with Crippen LogP contribution in [0.2, 0.25) is 5.02 Å². The van der Waals surface area contributed by atoms with Gasteiger partial charge in [0.2, 0.25) is 6.04 Å². The molecular formula is C17H14ClN5O3. The average Bonchev–Trinajstić information content (AvgIpc) is 2.95. The second-order valence-electron chi connectivity index (χ2n) is 5.51. The molecule has 26 heavy (non-hydrogen) atoms. The Balaban J connectivity index is 1.80. The van der Waals surface area contributed by atoms with E-state index >= 15 is 0 Å². The molecule has 0 aliphatic rings. The zero-order valence-corrected chi connectivity index (χ0v) is 14.4. The fourth-order valence-corrected chi connectivity index (χ4v) is 2.47. The van der Waals surface area contributed by atoms with Crippen molar-refractivity contribution in [3.63, 3.8) is 0 Å². The molecule has 0 spiro atoms. The lowest BCUT2D eigenvalue weighted by Crippen LogP contribution is -2.31. The van der Waals surface area contributed by atoms with Crippen molar-refractivity contribution in [2.45, 2.75) is 13.0 Å². The van der Waals surface area contributed by atoms with Gasteiger partial charge in [-0.1, -0.05) is 23.7 Å². The molecule has 0 radical (unpaired) electrons. The zero-order valence-electron chi connectivity index (χ0n) is 13.6. The lowest BCUT2D eigenvalue weighted by Gasteiger charge is -2.09. The molecule has 0 saturated carbocycles. The summed E-state index contributed by atoms with van der Waals surface area (Å²) in [5.74, 6) is -1.10. The summed E-state index contributed by atoms with van der Waals surface area (Å²) in [4.78, 5) is 40.7. The van der Waals surface area contributed by atoms with Crippen molar-refractivity contribution in [2.75, 3.05) is 5.32 Å². The predicted octanol–water partition coefficient (Wildman–Crippen LogP) is 3.19. The van der Waals surface area contributed by atoms with E-state index in [1.165, 1.54) is 6.92 Å². The summed E-state index contributed by atoms with van der Waals surface area (Å²) in [5.41, 5.74) is 1.56. The second kappa shape index (κ2) is 7.32. The molecule has 1 aromatic heterocycles. The Hall–Kier alpha value is -3.26. The van der Waals surface area contributed by atoms with Crippen molar-refractivity contribution < 1.29 is 9.59 Å². The number of Topliss-reactive ketones (excluding diaryl/α,β-unsaturated/α-hetero) is 1. The number of hydrogen-bond donors (Lipinski definition) is 3. The van der Waals surface area contributed by atoms with Crippen molar-refractivity contribution in [2.24, 2.45) is 10.2 Å². The number of hydrogen-bond acceptors (Lipinski definition) is 5. The Kier molecular flexibility index (Phi) is 4.94. The molecule has 2 aromatic carbocycles. The number of amides is 1. The third kappa shape index (κ3) is 3.86. The van der Waals surface area contributed by atoms with E-state index in [0.29, 0.717) is 27.4 Å². The van der Waals surface area contributed by atoms with Gasteiger partial charge in [-0.2, -0.15) is 10.2 Å². The highest BCUT2D eigenvalue weighted by molar-refractivity contribution is 6.32. The van der Waals surface area contributed by atoms with Crippen molar-refractivity contribution >= 4 is 45.7 Å². The number of anilines is 1. The minimum atomic E-state index is -1.31. The van der Waals surface area contributed by atoms with Crippen LogP contribution >= 0.6 is 11.6 Å². The average molecular weight is 372 g/mol. The minimum absolute atomic E-state index is 0.348. The number of nitrogens with one attached hydrogen (secondary N) is 3. The van der Waals surface area contributed by atoms with E-state index in [1.807, 2.05) is 0 Å². The van der Waals surface area contributed by atoms with Gasteiger partial charge < -0.3 is 15.3 Å². The summed E-state index contributed by atoms with van der Waals surface area (Å²) in [7, 11) is 0. The second-order valence-corrected chi connectivity index (χ2v) is 5.92. The van der Waals surface area contributed by atoms with Crippen LogP contribution in [0.1, 0.15) is 6.92 Å². The number of aromatic nitrogens is 2. The Morgan fingerprint density at radius 1 is 1.12 bits per heavy atom. The van der Waals surface area contributed by atoms with Crippen LogP contribution in [0.15, 0.2) is 57.5 Å². The summed E-state index contributed by atoms with van der Waals surface area (Å²) in [6.45, 7) is 1.25. The van der Waals surface area contributed by atoms with Gasteiger partial charge in [-0.05, 0) is 37.3 Å². The summed E-state index contributed by atoms with van der Waals surface area (Å²) in [6, 6.07) is 10.2. The fraction of sp³-hybridized carbons (Fsp3) is 0.118. The molecule has 3 rings (SSSR count). The van der Waals surface area contributed by atoms with E-state index in [2.05, 4.69) is 25.5 Å². The molecule has 0 aliphatic carbocycles. The number of rotatable bonds is 5. The maximum Gasteiger partial charge on any atom is 0.323 e. The molecule has 0 fully saturated rings. The number of halogens is 1. The van der Waals surface area contributed by atoms with Crippen LogP contribution < -0.4 is 11.0 Å². The maximum absolute atomic E-state index is 12.4. The molecule has 9 heteroatoms. The molecule has 0 bridgehead atoms. The minimum Gasteiger partial charge on any atom is -0.324 e. The Morgan fingerprint density at radius 3 is 2.58 bits per heavy atom. The van der Waals surface area contributed by atoms with Crippen molar-refractivity contribution in [3.8, 4) is 0 Å². The van der Waals surface area contributed by atoms with Gasteiger partial charge in [0.05, 0.1) is 16.1 Å². The van der Waals surface area contributed by atoms with Crippen LogP contribution in [0.5, 0.6) is 0 Å².